The van der Waals surface area contributed by atoms with E-state index >= 15 is 0 Å². The number of Topliss-reactive ketones (excluding diaryl/α,β-unsaturated/α-hetero) is 1. The molecule has 1 aromatic heterocycles. The lowest BCUT2D eigenvalue weighted by molar-refractivity contribution is 0.0163. The molecule has 2 N–H and O–H groups in total. The van der Waals surface area contributed by atoms with Gasteiger partial charge in [-0.3, -0.25) is 4.79 Å². The number of halogens is 3. The number of rotatable bonds is 2. The fourth-order valence-electron chi connectivity index (χ4n) is 1.10. The van der Waals surface area contributed by atoms with Gasteiger partial charge in [-0.2, -0.15) is 0 Å². The predicted molar refractivity (Wildman–Crippen MR) is 55.9 cm³/mol. The highest BCUT2D eigenvalue weighted by molar-refractivity contribution is 9.10. The number of alkyl halides is 2. The van der Waals surface area contributed by atoms with Gasteiger partial charge in [-0.25, -0.2) is 13.8 Å². The quantitative estimate of drug-likeness (QED) is 0.669. The molecule has 0 spiro atoms. The van der Waals surface area contributed by atoms with Crippen LogP contribution in [0.25, 0.3) is 0 Å². The van der Waals surface area contributed by atoms with Gasteiger partial charge in [-0.05, 0) is 22.0 Å². The molecule has 3 nitrogen and oxygen atoms in total. The normalized spacial score (nSPS) is 11.5. The summed E-state index contributed by atoms with van der Waals surface area (Å²) in [5.74, 6) is -3.41. The average molecular weight is 279 g/mol. The summed E-state index contributed by atoms with van der Waals surface area (Å²) in [7, 11) is 0. The van der Waals surface area contributed by atoms with Crippen LogP contribution in [-0.4, -0.2) is 10.8 Å². The number of aromatic nitrogens is 1. The summed E-state index contributed by atoms with van der Waals surface area (Å²) < 4.78 is 26.0. The van der Waals surface area contributed by atoms with Gasteiger partial charge in [0, 0.05) is 13.8 Å². The minimum Gasteiger partial charge on any atom is -0.397 e. The van der Waals surface area contributed by atoms with Gasteiger partial charge in [-0.15, -0.1) is 0 Å². The molecule has 1 heterocycles. The minimum atomic E-state index is -3.05. The molecule has 1 aromatic rings. The van der Waals surface area contributed by atoms with Crippen LogP contribution in [0.2, 0.25) is 0 Å². The van der Waals surface area contributed by atoms with Crippen molar-refractivity contribution in [1.82, 2.24) is 4.98 Å². The third-order valence-corrected chi connectivity index (χ3v) is 2.42. The molecule has 1 rings (SSSR count). The van der Waals surface area contributed by atoms with Crippen LogP contribution in [0.15, 0.2) is 10.7 Å². The van der Waals surface area contributed by atoms with Crippen LogP contribution >= 0.6 is 15.9 Å². The second kappa shape index (κ2) is 3.84. The first kappa shape index (κ1) is 12.0. The maximum atomic E-state index is 13.0. The van der Waals surface area contributed by atoms with Crippen LogP contribution in [0.4, 0.5) is 14.5 Å². The van der Waals surface area contributed by atoms with Crippen LogP contribution in [0.3, 0.4) is 0 Å². The largest absolute Gasteiger partial charge is 0.397 e. The SMILES string of the molecule is CC(=O)c1nc(Br)c(C(C)(F)F)cc1N. The van der Waals surface area contributed by atoms with E-state index in [1.165, 1.54) is 6.92 Å². The van der Waals surface area contributed by atoms with Gasteiger partial charge < -0.3 is 5.73 Å². The number of nitrogens with two attached hydrogens (primary N) is 1. The Balaban J connectivity index is 3.39. The molecule has 0 unspecified atom stereocenters. The molecule has 0 fully saturated rings. The highest BCUT2D eigenvalue weighted by Gasteiger charge is 2.29. The standard InChI is InChI=1S/C9H9BrF2N2O/c1-4(15)7-6(13)3-5(8(10)14-7)9(2,11)12/h3H,13H2,1-2H3. The highest BCUT2D eigenvalue weighted by atomic mass is 79.9. The van der Waals surface area contributed by atoms with Crippen LogP contribution in [0, 0.1) is 0 Å². The fraction of sp³-hybridized carbons (Fsp3) is 0.333. The van der Waals surface area contributed by atoms with Crippen LogP contribution in [0.1, 0.15) is 29.9 Å². The third kappa shape index (κ3) is 2.50. The van der Waals surface area contributed by atoms with Gasteiger partial charge in [0.05, 0.1) is 11.3 Å². The van der Waals surface area contributed by atoms with Crippen LogP contribution < -0.4 is 5.73 Å². The lowest BCUT2D eigenvalue weighted by atomic mass is 10.1. The zero-order valence-electron chi connectivity index (χ0n) is 8.14. The third-order valence-electron chi connectivity index (χ3n) is 1.81. The summed E-state index contributed by atoms with van der Waals surface area (Å²) in [5, 5.41) is 0. The molecular formula is C9H9BrF2N2O. The van der Waals surface area contributed by atoms with Gasteiger partial charge in [0.1, 0.15) is 10.3 Å². The van der Waals surface area contributed by atoms with Crippen molar-refractivity contribution in [3.05, 3.63) is 21.9 Å². The summed E-state index contributed by atoms with van der Waals surface area (Å²) in [6.45, 7) is 2.01. The number of carbonyl (C=O) groups is 1. The van der Waals surface area contributed by atoms with E-state index in [0.717, 1.165) is 13.0 Å². The number of nitrogen functional groups attached to an aromatic ring is 1. The Morgan fingerprint density at radius 3 is 2.53 bits per heavy atom. The van der Waals surface area contributed by atoms with E-state index < -0.39 is 5.92 Å². The lowest BCUT2D eigenvalue weighted by Crippen LogP contribution is -2.13. The Kier molecular flexibility index (Phi) is 3.08. The van der Waals surface area contributed by atoms with Crippen molar-refractivity contribution in [3.8, 4) is 0 Å². The zero-order valence-corrected chi connectivity index (χ0v) is 9.73. The Morgan fingerprint density at radius 2 is 2.13 bits per heavy atom. The van der Waals surface area contributed by atoms with Crippen LogP contribution in [0.5, 0.6) is 0 Å². The molecule has 0 aliphatic heterocycles. The molecule has 6 heteroatoms. The van der Waals surface area contributed by atoms with Crippen molar-refractivity contribution in [3.63, 3.8) is 0 Å². The Labute approximate surface area is 93.8 Å². The van der Waals surface area contributed by atoms with Gasteiger partial charge in [-0.1, -0.05) is 0 Å². The van der Waals surface area contributed by atoms with E-state index in [0.29, 0.717) is 0 Å². The summed E-state index contributed by atoms with van der Waals surface area (Å²) in [6.07, 6.45) is 0. The Bertz CT molecular complexity index is 415. The number of hydrogen-bond donors (Lipinski definition) is 1. The highest BCUT2D eigenvalue weighted by Crippen LogP contribution is 2.34. The van der Waals surface area contributed by atoms with E-state index in [4.69, 9.17) is 5.73 Å². The average Bonchev–Trinajstić information content (AvgIpc) is 2.06. The van der Waals surface area contributed by atoms with Crippen molar-refractivity contribution in [2.24, 2.45) is 0 Å². The molecular weight excluding hydrogens is 270 g/mol. The van der Waals surface area contributed by atoms with Crippen molar-refractivity contribution in [1.29, 1.82) is 0 Å². The minimum absolute atomic E-state index is 0.00475. The Hall–Kier alpha value is -1.04. The smallest absolute Gasteiger partial charge is 0.273 e. The summed E-state index contributed by atoms with van der Waals surface area (Å²) >= 11 is 2.89. The van der Waals surface area contributed by atoms with Crippen molar-refractivity contribution in [2.75, 3.05) is 5.73 Å². The van der Waals surface area contributed by atoms with Gasteiger partial charge >= 0.3 is 0 Å². The van der Waals surface area contributed by atoms with E-state index in [-0.39, 0.29) is 27.3 Å². The van der Waals surface area contributed by atoms with Crippen LogP contribution in [-0.2, 0) is 5.92 Å². The van der Waals surface area contributed by atoms with E-state index in [1.807, 2.05) is 0 Å². The molecule has 0 saturated heterocycles. The first-order chi connectivity index (χ1) is 6.73. The molecule has 82 valence electrons. The van der Waals surface area contributed by atoms with Crippen molar-refractivity contribution >= 4 is 27.4 Å². The second-order valence-electron chi connectivity index (χ2n) is 3.21. The molecule has 0 bridgehead atoms. The van der Waals surface area contributed by atoms with Crippen molar-refractivity contribution in [2.45, 2.75) is 19.8 Å². The fourth-order valence-corrected chi connectivity index (χ4v) is 1.74. The van der Waals surface area contributed by atoms with E-state index in [9.17, 15) is 13.6 Å². The molecule has 0 aliphatic rings. The lowest BCUT2D eigenvalue weighted by Gasteiger charge is -2.13. The zero-order chi connectivity index (χ0) is 11.8. The van der Waals surface area contributed by atoms with Gasteiger partial charge in [0.25, 0.3) is 5.92 Å². The summed E-state index contributed by atoms with van der Waals surface area (Å²) in [5.41, 5.74) is 5.08. The summed E-state index contributed by atoms with van der Waals surface area (Å²) in [6, 6.07) is 1.06. The number of ketones is 1. The van der Waals surface area contributed by atoms with Gasteiger partial charge in [0.15, 0.2) is 5.78 Å². The number of anilines is 1. The topological polar surface area (TPSA) is 56.0 Å². The molecule has 15 heavy (non-hydrogen) atoms. The first-order valence-corrected chi connectivity index (χ1v) is 4.88. The monoisotopic (exact) mass is 278 g/mol. The molecule has 0 amide bonds. The molecule has 0 aliphatic carbocycles. The molecule has 0 saturated carbocycles. The molecule has 0 radical (unpaired) electrons. The van der Waals surface area contributed by atoms with E-state index in [1.54, 1.807) is 0 Å². The Morgan fingerprint density at radius 1 is 1.60 bits per heavy atom. The maximum absolute atomic E-state index is 13.0. The predicted octanol–water partition coefficient (Wildman–Crippen LogP) is 2.74. The number of pyridine rings is 1. The van der Waals surface area contributed by atoms with Gasteiger partial charge in [0.2, 0.25) is 0 Å². The second-order valence-corrected chi connectivity index (χ2v) is 3.96. The number of hydrogen-bond acceptors (Lipinski definition) is 3. The molecule has 0 atom stereocenters. The maximum Gasteiger partial charge on any atom is 0.273 e. The number of carbonyl (C=O) groups excluding carboxylic acids is 1. The summed E-state index contributed by atoms with van der Waals surface area (Å²) in [4.78, 5) is 14.7. The van der Waals surface area contributed by atoms with E-state index in [2.05, 4.69) is 20.9 Å². The van der Waals surface area contributed by atoms with Crippen molar-refractivity contribution < 1.29 is 13.6 Å². The first-order valence-electron chi connectivity index (χ1n) is 4.08. The number of nitrogens with zero attached hydrogens (tertiary/aromatic N) is 1. The molecule has 0 aromatic carbocycles.